The lowest BCUT2D eigenvalue weighted by Gasteiger charge is -2.36. The third-order valence-corrected chi connectivity index (χ3v) is 5.74. The largest absolute Gasteiger partial charge is 0.493 e. The van der Waals surface area contributed by atoms with E-state index in [-0.39, 0.29) is 5.91 Å². The monoisotopic (exact) mass is 452 g/mol. The van der Waals surface area contributed by atoms with Crippen LogP contribution in [0.1, 0.15) is 23.2 Å². The van der Waals surface area contributed by atoms with E-state index in [0.717, 1.165) is 24.3 Å². The molecule has 0 aliphatic carbocycles. The zero-order chi connectivity index (χ0) is 23.4. The van der Waals surface area contributed by atoms with Crippen molar-refractivity contribution >= 4 is 11.6 Å². The number of ether oxygens (including phenoxy) is 3. The number of piperazine rings is 1. The molecule has 3 aromatic rings. The van der Waals surface area contributed by atoms with E-state index in [2.05, 4.69) is 15.0 Å². The van der Waals surface area contributed by atoms with Gasteiger partial charge in [-0.25, -0.2) is 0 Å². The smallest absolute Gasteiger partial charge is 0.254 e. The first-order chi connectivity index (χ1) is 16.1. The summed E-state index contributed by atoms with van der Waals surface area (Å²) >= 11 is 0. The van der Waals surface area contributed by atoms with Gasteiger partial charge in [0, 0.05) is 49.4 Å². The molecule has 33 heavy (non-hydrogen) atoms. The number of amides is 1. The topological polar surface area (TPSA) is 90.2 Å². The zero-order valence-electron chi connectivity index (χ0n) is 19.3. The van der Waals surface area contributed by atoms with Gasteiger partial charge in [0.2, 0.25) is 17.5 Å². The molecule has 2 heterocycles. The Kier molecular flexibility index (Phi) is 6.67. The molecule has 1 fully saturated rings. The molecule has 1 amide bonds. The van der Waals surface area contributed by atoms with Crippen molar-refractivity contribution in [1.82, 2.24) is 15.0 Å². The molecule has 0 radical (unpaired) electrons. The van der Waals surface area contributed by atoms with Gasteiger partial charge in [-0.15, -0.1) is 0 Å². The quantitative estimate of drug-likeness (QED) is 0.540. The number of benzene rings is 2. The maximum atomic E-state index is 13.1. The summed E-state index contributed by atoms with van der Waals surface area (Å²) in [5.41, 5.74) is 2.52. The second kappa shape index (κ2) is 9.81. The van der Waals surface area contributed by atoms with Crippen LogP contribution in [0.3, 0.4) is 0 Å². The lowest BCUT2D eigenvalue weighted by atomic mass is 10.1. The molecule has 0 N–H and O–H groups in total. The van der Waals surface area contributed by atoms with E-state index in [1.807, 2.05) is 36.1 Å². The first kappa shape index (κ1) is 22.4. The number of rotatable bonds is 7. The lowest BCUT2D eigenvalue weighted by Crippen LogP contribution is -2.48. The average molecular weight is 453 g/mol. The van der Waals surface area contributed by atoms with Gasteiger partial charge in [-0.05, 0) is 36.4 Å². The van der Waals surface area contributed by atoms with Gasteiger partial charge in [0.05, 0.1) is 21.3 Å². The van der Waals surface area contributed by atoms with Crippen LogP contribution >= 0.6 is 0 Å². The number of nitrogens with zero attached hydrogens (tertiary/aromatic N) is 4. The summed E-state index contributed by atoms with van der Waals surface area (Å²) < 4.78 is 21.3. The molecule has 2 aromatic carbocycles. The molecule has 0 saturated carbocycles. The van der Waals surface area contributed by atoms with Crippen molar-refractivity contribution in [2.75, 3.05) is 52.4 Å². The van der Waals surface area contributed by atoms with E-state index >= 15 is 0 Å². The molecule has 1 aliphatic rings. The molecule has 9 nitrogen and oxygen atoms in total. The highest BCUT2D eigenvalue weighted by atomic mass is 16.5. The van der Waals surface area contributed by atoms with Gasteiger partial charge in [-0.3, -0.25) is 4.79 Å². The van der Waals surface area contributed by atoms with Crippen LogP contribution in [0.2, 0.25) is 0 Å². The number of aryl methyl sites for hydroxylation is 1. The Morgan fingerprint density at radius 3 is 2.12 bits per heavy atom. The number of methoxy groups -OCH3 is 3. The van der Waals surface area contributed by atoms with Gasteiger partial charge in [0.25, 0.3) is 5.91 Å². The fourth-order valence-corrected chi connectivity index (χ4v) is 3.89. The molecule has 174 valence electrons. The van der Waals surface area contributed by atoms with Crippen LogP contribution in [-0.4, -0.2) is 68.5 Å². The number of carbonyl (C=O) groups excluding carboxylic acids is 1. The molecular formula is C24H28N4O5. The van der Waals surface area contributed by atoms with Crippen LogP contribution in [-0.2, 0) is 6.42 Å². The molecule has 1 aromatic heterocycles. The Balaban J connectivity index is 1.42. The second-order valence-electron chi connectivity index (χ2n) is 7.61. The Hall–Kier alpha value is -3.75. The Bertz CT molecular complexity index is 1080. The van der Waals surface area contributed by atoms with Crippen molar-refractivity contribution in [3.63, 3.8) is 0 Å². The SMILES string of the molecule is CCc1nc(-c2ccc(N3CCN(C(=O)c4cc(OC)c(OC)c(OC)c4)CC3)cc2)no1. The van der Waals surface area contributed by atoms with Crippen molar-refractivity contribution in [1.29, 1.82) is 0 Å². The Morgan fingerprint density at radius 1 is 0.970 bits per heavy atom. The molecule has 0 unspecified atom stereocenters. The lowest BCUT2D eigenvalue weighted by molar-refractivity contribution is 0.0746. The highest BCUT2D eigenvalue weighted by molar-refractivity contribution is 5.95. The Labute approximate surface area is 192 Å². The minimum atomic E-state index is -0.0620. The summed E-state index contributed by atoms with van der Waals surface area (Å²) in [6, 6.07) is 11.5. The van der Waals surface area contributed by atoms with Crippen LogP contribution in [0.4, 0.5) is 5.69 Å². The van der Waals surface area contributed by atoms with E-state index < -0.39 is 0 Å². The molecule has 0 bridgehead atoms. The van der Waals surface area contributed by atoms with Crippen LogP contribution in [0.25, 0.3) is 11.4 Å². The number of anilines is 1. The van der Waals surface area contributed by atoms with Crippen LogP contribution in [0.5, 0.6) is 17.2 Å². The van der Waals surface area contributed by atoms with Crippen molar-refractivity contribution in [2.24, 2.45) is 0 Å². The summed E-state index contributed by atoms with van der Waals surface area (Å²) in [7, 11) is 4.62. The fourth-order valence-electron chi connectivity index (χ4n) is 3.89. The first-order valence-electron chi connectivity index (χ1n) is 10.8. The minimum Gasteiger partial charge on any atom is -0.493 e. The number of aromatic nitrogens is 2. The van der Waals surface area contributed by atoms with Gasteiger partial charge in [0.1, 0.15) is 0 Å². The van der Waals surface area contributed by atoms with Crippen molar-refractivity contribution in [3.8, 4) is 28.6 Å². The summed E-state index contributed by atoms with van der Waals surface area (Å²) in [5, 5.41) is 4.02. The third-order valence-electron chi connectivity index (χ3n) is 5.74. The highest BCUT2D eigenvalue weighted by Crippen LogP contribution is 2.38. The summed E-state index contributed by atoms with van der Waals surface area (Å²) in [4.78, 5) is 21.6. The average Bonchev–Trinajstić information content (AvgIpc) is 3.37. The van der Waals surface area contributed by atoms with Crippen LogP contribution in [0, 0.1) is 0 Å². The standard InChI is InChI=1S/C24H28N4O5/c1-5-21-25-23(26-33-21)16-6-8-18(9-7-16)27-10-12-28(13-11-27)24(29)17-14-19(30-2)22(32-4)20(15-17)31-3/h6-9,14-15H,5,10-13H2,1-4H3. The summed E-state index contributed by atoms with van der Waals surface area (Å²) in [6.07, 6.45) is 0.712. The van der Waals surface area contributed by atoms with E-state index in [4.69, 9.17) is 18.7 Å². The Morgan fingerprint density at radius 2 is 1.61 bits per heavy atom. The molecule has 1 saturated heterocycles. The van der Waals surface area contributed by atoms with Gasteiger partial charge < -0.3 is 28.5 Å². The number of hydrogen-bond acceptors (Lipinski definition) is 8. The molecule has 0 atom stereocenters. The van der Waals surface area contributed by atoms with E-state index in [0.29, 0.717) is 54.0 Å². The predicted octanol–water partition coefficient (Wildman–Crippen LogP) is 3.29. The van der Waals surface area contributed by atoms with Gasteiger partial charge in [-0.1, -0.05) is 12.1 Å². The van der Waals surface area contributed by atoms with Gasteiger partial charge in [0.15, 0.2) is 11.5 Å². The third kappa shape index (κ3) is 4.57. The normalized spacial score (nSPS) is 13.7. The second-order valence-corrected chi connectivity index (χ2v) is 7.61. The number of carbonyl (C=O) groups is 1. The molecular weight excluding hydrogens is 424 g/mol. The van der Waals surface area contributed by atoms with Gasteiger partial charge >= 0.3 is 0 Å². The fraction of sp³-hybridized carbons (Fsp3) is 0.375. The van der Waals surface area contributed by atoms with Crippen LogP contribution in [0.15, 0.2) is 40.9 Å². The minimum absolute atomic E-state index is 0.0620. The molecule has 9 heteroatoms. The van der Waals surface area contributed by atoms with Crippen LogP contribution < -0.4 is 19.1 Å². The molecule has 0 spiro atoms. The van der Waals surface area contributed by atoms with Crippen molar-refractivity contribution < 1.29 is 23.5 Å². The van der Waals surface area contributed by atoms with Crippen molar-refractivity contribution in [2.45, 2.75) is 13.3 Å². The molecule has 1 aliphatic heterocycles. The predicted molar refractivity (Wildman–Crippen MR) is 123 cm³/mol. The highest BCUT2D eigenvalue weighted by Gasteiger charge is 2.25. The summed E-state index contributed by atoms with van der Waals surface area (Å²) in [5.74, 6) is 2.56. The van der Waals surface area contributed by atoms with E-state index in [1.165, 1.54) is 21.3 Å². The van der Waals surface area contributed by atoms with E-state index in [9.17, 15) is 4.79 Å². The van der Waals surface area contributed by atoms with E-state index in [1.54, 1.807) is 12.1 Å². The maximum absolute atomic E-state index is 13.1. The first-order valence-corrected chi connectivity index (χ1v) is 10.8. The van der Waals surface area contributed by atoms with Crippen molar-refractivity contribution in [3.05, 3.63) is 47.9 Å². The zero-order valence-corrected chi connectivity index (χ0v) is 19.3. The summed E-state index contributed by atoms with van der Waals surface area (Å²) in [6.45, 7) is 4.67. The van der Waals surface area contributed by atoms with Gasteiger partial charge in [-0.2, -0.15) is 4.98 Å². The maximum Gasteiger partial charge on any atom is 0.254 e. The molecule has 4 rings (SSSR count). The number of hydrogen-bond donors (Lipinski definition) is 0.